The predicted molar refractivity (Wildman–Crippen MR) is 88.9 cm³/mol. The highest BCUT2D eigenvalue weighted by Gasteiger charge is 2.28. The average Bonchev–Trinajstić information content (AvgIpc) is 2.86. The van der Waals surface area contributed by atoms with Gasteiger partial charge < -0.3 is 15.6 Å². The lowest BCUT2D eigenvalue weighted by molar-refractivity contribution is -0.123. The fourth-order valence-electron chi connectivity index (χ4n) is 1.93. The molecule has 0 radical (unpaired) electrons. The normalized spacial score (nSPS) is 13.5. The summed E-state index contributed by atoms with van der Waals surface area (Å²) in [4.78, 5) is 16.3. The molecule has 0 fully saturated rings. The highest BCUT2D eigenvalue weighted by Crippen LogP contribution is 2.15. The summed E-state index contributed by atoms with van der Waals surface area (Å²) in [5.41, 5.74) is 5.41. The fourth-order valence-corrected chi connectivity index (χ4v) is 1.93. The topological polar surface area (TPSA) is 94.0 Å². The van der Waals surface area contributed by atoms with Gasteiger partial charge >= 0.3 is 0 Å². The van der Waals surface area contributed by atoms with Crippen molar-refractivity contribution in [3.63, 3.8) is 0 Å². The van der Waals surface area contributed by atoms with Gasteiger partial charge in [-0.2, -0.15) is 4.98 Å². The van der Waals surface area contributed by atoms with E-state index in [-0.39, 0.29) is 23.9 Å². The molecule has 0 aliphatic heterocycles. The number of aromatic nitrogens is 2. The van der Waals surface area contributed by atoms with Crippen LogP contribution in [0.15, 0.2) is 4.52 Å². The smallest absolute Gasteiger partial charge is 0.226 e. The number of nitrogens with two attached hydrogens (primary N) is 1. The first-order valence-corrected chi connectivity index (χ1v) is 7.73. The number of carbonyl (C=O) groups is 1. The van der Waals surface area contributed by atoms with Crippen LogP contribution in [-0.2, 0) is 17.6 Å². The van der Waals surface area contributed by atoms with Gasteiger partial charge in [0.05, 0.1) is 5.54 Å². The van der Waals surface area contributed by atoms with E-state index in [1.165, 1.54) is 0 Å². The average molecular weight is 333 g/mol. The Morgan fingerprint density at radius 2 is 2.09 bits per heavy atom. The number of nitrogens with zero attached hydrogens (tertiary/aromatic N) is 2. The second kappa shape index (κ2) is 9.79. The van der Waals surface area contributed by atoms with Crippen molar-refractivity contribution in [2.75, 3.05) is 6.54 Å². The fraction of sp³-hybridized carbons (Fsp3) is 0.800. The molecule has 0 saturated carbocycles. The Morgan fingerprint density at radius 1 is 1.41 bits per heavy atom. The minimum Gasteiger partial charge on any atom is -0.349 e. The van der Waals surface area contributed by atoms with Gasteiger partial charge in [-0.25, -0.2) is 0 Å². The SMILES string of the molecule is CCCc1noc(CCCC(=O)NC(C)(CN)C(C)C)n1.Cl. The third-order valence-electron chi connectivity index (χ3n) is 3.90. The number of hydrogen-bond acceptors (Lipinski definition) is 5. The zero-order valence-corrected chi connectivity index (χ0v) is 14.8. The Morgan fingerprint density at radius 3 is 2.64 bits per heavy atom. The van der Waals surface area contributed by atoms with Crippen molar-refractivity contribution in [2.24, 2.45) is 11.7 Å². The largest absolute Gasteiger partial charge is 0.349 e. The van der Waals surface area contributed by atoms with E-state index in [1.807, 2.05) is 6.92 Å². The monoisotopic (exact) mass is 332 g/mol. The molecular formula is C15H29ClN4O2. The van der Waals surface area contributed by atoms with Gasteiger partial charge in [0.1, 0.15) is 0 Å². The maximum absolute atomic E-state index is 12.0. The minimum atomic E-state index is -0.351. The van der Waals surface area contributed by atoms with Crippen LogP contribution in [0.4, 0.5) is 0 Å². The number of aryl methyl sites for hydroxylation is 2. The summed E-state index contributed by atoms with van der Waals surface area (Å²) in [5, 5.41) is 6.92. The quantitative estimate of drug-likeness (QED) is 0.723. The Hall–Kier alpha value is -1.14. The Balaban J connectivity index is 0.00000441. The number of rotatable bonds is 9. The summed E-state index contributed by atoms with van der Waals surface area (Å²) < 4.78 is 5.15. The number of amides is 1. The van der Waals surface area contributed by atoms with Crippen molar-refractivity contribution in [1.82, 2.24) is 15.5 Å². The van der Waals surface area contributed by atoms with Gasteiger partial charge in [0.15, 0.2) is 5.82 Å². The van der Waals surface area contributed by atoms with Crippen LogP contribution >= 0.6 is 12.4 Å². The van der Waals surface area contributed by atoms with Crippen LogP contribution in [0.25, 0.3) is 0 Å². The van der Waals surface area contributed by atoms with Crippen molar-refractivity contribution in [1.29, 1.82) is 0 Å². The third-order valence-corrected chi connectivity index (χ3v) is 3.90. The van der Waals surface area contributed by atoms with E-state index in [4.69, 9.17) is 10.3 Å². The lowest BCUT2D eigenvalue weighted by Crippen LogP contribution is -2.54. The Bertz CT molecular complexity index is 451. The molecule has 1 atom stereocenters. The van der Waals surface area contributed by atoms with Crippen LogP contribution in [0, 0.1) is 5.92 Å². The first-order chi connectivity index (χ1) is 9.91. The van der Waals surface area contributed by atoms with Gasteiger partial charge in [-0.05, 0) is 25.7 Å². The van der Waals surface area contributed by atoms with E-state index in [2.05, 4.69) is 36.2 Å². The first kappa shape index (κ1) is 20.9. The molecule has 1 aromatic rings. The summed E-state index contributed by atoms with van der Waals surface area (Å²) in [6, 6.07) is 0. The summed E-state index contributed by atoms with van der Waals surface area (Å²) >= 11 is 0. The molecule has 0 aliphatic rings. The highest BCUT2D eigenvalue weighted by atomic mass is 35.5. The van der Waals surface area contributed by atoms with E-state index in [0.717, 1.165) is 18.7 Å². The van der Waals surface area contributed by atoms with E-state index in [9.17, 15) is 4.79 Å². The maximum Gasteiger partial charge on any atom is 0.226 e. The molecule has 0 saturated heterocycles. The third kappa shape index (κ3) is 6.32. The first-order valence-electron chi connectivity index (χ1n) is 7.73. The zero-order valence-electron chi connectivity index (χ0n) is 14.0. The lowest BCUT2D eigenvalue weighted by Gasteiger charge is -2.33. The van der Waals surface area contributed by atoms with Crippen LogP contribution < -0.4 is 11.1 Å². The van der Waals surface area contributed by atoms with Gasteiger partial charge in [-0.1, -0.05) is 25.9 Å². The van der Waals surface area contributed by atoms with Gasteiger partial charge in [0, 0.05) is 25.8 Å². The van der Waals surface area contributed by atoms with Crippen molar-refractivity contribution in [2.45, 2.75) is 65.3 Å². The van der Waals surface area contributed by atoms with Crippen LogP contribution in [0.3, 0.4) is 0 Å². The van der Waals surface area contributed by atoms with E-state index in [0.29, 0.717) is 37.6 Å². The van der Waals surface area contributed by atoms with Crippen LogP contribution in [0.5, 0.6) is 0 Å². The van der Waals surface area contributed by atoms with Crippen molar-refractivity contribution in [3.05, 3.63) is 11.7 Å². The number of halogens is 1. The van der Waals surface area contributed by atoms with E-state index >= 15 is 0 Å². The molecule has 3 N–H and O–H groups in total. The van der Waals surface area contributed by atoms with E-state index in [1.54, 1.807) is 0 Å². The number of carbonyl (C=O) groups excluding carboxylic acids is 1. The predicted octanol–water partition coefficient (Wildman–Crippen LogP) is 2.26. The molecule has 0 spiro atoms. The molecule has 0 aliphatic carbocycles. The van der Waals surface area contributed by atoms with Crippen LogP contribution in [0.1, 0.15) is 58.7 Å². The molecule has 1 amide bonds. The van der Waals surface area contributed by atoms with Crippen molar-refractivity contribution < 1.29 is 9.32 Å². The van der Waals surface area contributed by atoms with Gasteiger partial charge in [0.2, 0.25) is 11.8 Å². The molecular weight excluding hydrogens is 304 g/mol. The van der Waals surface area contributed by atoms with Gasteiger partial charge in [-0.15, -0.1) is 12.4 Å². The van der Waals surface area contributed by atoms with Gasteiger partial charge in [0.25, 0.3) is 0 Å². The molecule has 6 nitrogen and oxygen atoms in total. The molecule has 0 bridgehead atoms. The summed E-state index contributed by atoms with van der Waals surface area (Å²) in [5.74, 6) is 1.66. The minimum absolute atomic E-state index is 0. The maximum atomic E-state index is 12.0. The zero-order chi connectivity index (χ0) is 15.9. The summed E-state index contributed by atoms with van der Waals surface area (Å²) in [6.45, 7) is 8.59. The molecule has 128 valence electrons. The van der Waals surface area contributed by atoms with Crippen LogP contribution in [-0.4, -0.2) is 28.1 Å². The van der Waals surface area contributed by atoms with Gasteiger partial charge in [-0.3, -0.25) is 4.79 Å². The van der Waals surface area contributed by atoms with Crippen molar-refractivity contribution >= 4 is 18.3 Å². The molecule has 1 rings (SSSR count). The molecule has 1 aromatic heterocycles. The standard InChI is InChI=1S/C15H28N4O2.ClH/c1-5-7-12-17-14(21-19-12)9-6-8-13(20)18-15(4,10-16)11(2)3;/h11H,5-10,16H2,1-4H3,(H,18,20);1H. The number of nitrogens with one attached hydrogen (secondary N) is 1. The Kier molecular flexibility index (Phi) is 9.28. The second-order valence-corrected chi connectivity index (χ2v) is 6.03. The molecule has 22 heavy (non-hydrogen) atoms. The lowest BCUT2D eigenvalue weighted by atomic mass is 9.88. The molecule has 1 unspecified atom stereocenters. The van der Waals surface area contributed by atoms with E-state index < -0.39 is 0 Å². The molecule has 7 heteroatoms. The highest BCUT2D eigenvalue weighted by molar-refractivity contribution is 5.85. The Labute approximate surface area is 139 Å². The van der Waals surface area contributed by atoms with Crippen molar-refractivity contribution in [3.8, 4) is 0 Å². The second-order valence-electron chi connectivity index (χ2n) is 6.03. The summed E-state index contributed by atoms with van der Waals surface area (Å²) in [7, 11) is 0. The summed E-state index contributed by atoms with van der Waals surface area (Å²) in [6.07, 6.45) is 3.58. The number of hydrogen-bond donors (Lipinski definition) is 2. The molecule has 1 heterocycles. The van der Waals surface area contributed by atoms with Crippen LogP contribution in [0.2, 0.25) is 0 Å². The molecule has 0 aromatic carbocycles.